The quantitative estimate of drug-likeness (QED) is 0.683. The highest BCUT2D eigenvalue weighted by Gasteiger charge is 2.20. The molecule has 0 spiro atoms. The van der Waals surface area contributed by atoms with E-state index in [2.05, 4.69) is 10.6 Å². The van der Waals surface area contributed by atoms with E-state index in [9.17, 15) is 14.0 Å². The van der Waals surface area contributed by atoms with Crippen molar-refractivity contribution in [2.24, 2.45) is 0 Å². The number of anilines is 2. The molecule has 3 aromatic carbocycles. The molecule has 6 heteroatoms. The molecule has 3 aromatic rings. The van der Waals surface area contributed by atoms with Crippen LogP contribution in [0.5, 0.6) is 0 Å². The molecule has 0 fully saturated rings. The van der Waals surface area contributed by atoms with Gasteiger partial charge < -0.3 is 10.6 Å². The fourth-order valence-electron chi connectivity index (χ4n) is 2.87. The minimum Gasteiger partial charge on any atom is -0.325 e. The summed E-state index contributed by atoms with van der Waals surface area (Å²) in [6, 6.07) is 18.5. The Labute approximate surface area is 163 Å². The predicted octanol–water partition coefficient (Wildman–Crippen LogP) is 3.88. The van der Waals surface area contributed by atoms with Crippen molar-refractivity contribution in [2.75, 3.05) is 24.2 Å². The number of likely N-dealkylation sites (N-methyl/N-ethyl adjacent to an activating group) is 1. The number of carbonyl (C=O) groups excluding carboxylic acids is 2. The van der Waals surface area contributed by atoms with Crippen LogP contribution in [0.1, 0.15) is 6.92 Å². The molecule has 0 heterocycles. The molecule has 0 aliphatic heterocycles. The molecule has 5 nitrogen and oxygen atoms in total. The summed E-state index contributed by atoms with van der Waals surface area (Å²) in [4.78, 5) is 26.5. The number of nitrogens with one attached hydrogen (secondary N) is 2. The Bertz CT molecular complexity index is 983. The van der Waals surface area contributed by atoms with Crippen LogP contribution < -0.4 is 10.6 Å². The van der Waals surface area contributed by atoms with Crippen molar-refractivity contribution in [3.05, 3.63) is 72.5 Å². The van der Waals surface area contributed by atoms with Crippen LogP contribution >= 0.6 is 0 Å². The average molecular weight is 379 g/mol. The monoisotopic (exact) mass is 379 g/mol. The second kappa shape index (κ2) is 8.63. The molecule has 3 rings (SSSR count). The fourth-order valence-corrected chi connectivity index (χ4v) is 2.87. The lowest BCUT2D eigenvalue weighted by Crippen LogP contribution is -2.43. The van der Waals surface area contributed by atoms with E-state index in [1.54, 1.807) is 18.9 Å². The third-order valence-corrected chi connectivity index (χ3v) is 4.61. The van der Waals surface area contributed by atoms with Gasteiger partial charge in [-0.1, -0.05) is 36.4 Å². The van der Waals surface area contributed by atoms with Gasteiger partial charge >= 0.3 is 0 Å². The Hall–Kier alpha value is -3.25. The Balaban J connectivity index is 1.59. The van der Waals surface area contributed by atoms with Gasteiger partial charge in [-0.15, -0.1) is 0 Å². The van der Waals surface area contributed by atoms with Crippen molar-refractivity contribution in [1.82, 2.24) is 4.90 Å². The van der Waals surface area contributed by atoms with Gasteiger partial charge in [0, 0.05) is 16.8 Å². The van der Waals surface area contributed by atoms with E-state index < -0.39 is 6.04 Å². The lowest BCUT2D eigenvalue weighted by Gasteiger charge is -2.23. The van der Waals surface area contributed by atoms with Crippen molar-refractivity contribution < 1.29 is 14.0 Å². The molecule has 2 amide bonds. The first kappa shape index (κ1) is 19.5. The normalized spacial score (nSPS) is 12.0. The fraction of sp³-hybridized carbons (Fsp3) is 0.182. The maximum atomic E-state index is 13.0. The van der Waals surface area contributed by atoms with E-state index in [0.717, 1.165) is 16.5 Å². The summed E-state index contributed by atoms with van der Waals surface area (Å²) in [6.07, 6.45) is 0. The van der Waals surface area contributed by atoms with Crippen molar-refractivity contribution in [1.29, 1.82) is 0 Å². The summed E-state index contributed by atoms with van der Waals surface area (Å²) in [5.74, 6) is -0.847. The Morgan fingerprint density at radius 1 is 0.964 bits per heavy atom. The van der Waals surface area contributed by atoms with Gasteiger partial charge in [0.2, 0.25) is 11.8 Å². The van der Waals surface area contributed by atoms with Crippen LogP contribution in [0.3, 0.4) is 0 Å². The number of nitrogens with zero attached hydrogens (tertiary/aromatic N) is 1. The second-order valence-electron chi connectivity index (χ2n) is 6.66. The number of amides is 2. The van der Waals surface area contributed by atoms with Gasteiger partial charge in [0.15, 0.2) is 0 Å². The molecule has 144 valence electrons. The predicted molar refractivity (Wildman–Crippen MR) is 110 cm³/mol. The third kappa shape index (κ3) is 4.72. The molecule has 0 aliphatic rings. The Kier molecular flexibility index (Phi) is 6.01. The first-order valence-electron chi connectivity index (χ1n) is 8.98. The molecule has 0 radical (unpaired) electrons. The number of hydrogen-bond donors (Lipinski definition) is 2. The number of benzene rings is 3. The van der Waals surface area contributed by atoms with Crippen molar-refractivity contribution in [3.8, 4) is 0 Å². The van der Waals surface area contributed by atoms with E-state index in [1.807, 2.05) is 42.5 Å². The van der Waals surface area contributed by atoms with Gasteiger partial charge in [-0.2, -0.15) is 0 Å². The summed E-state index contributed by atoms with van der Waals surface area (Å²) >= 11 is 0. The SMILES string of the molecule is C[C@H](C(=O)Nc1ccc(F)cc1)N(C)CC(=O)Nc1cccc2ccccc12. The van der Waals surface area contributed by atoms with Crippen LogP contribution in [0.4, 0.5) is 15.8 Å². The van der Waals surface area contributed by atoms with Gasteiger partial charge in [-0.05, 0) is 49.7 Å². The summed E-state index contributed by atoms with van der Waals surface area (Å²) in [5, 5.41) is 7.63. The second-order valence-corrected chi connectivity index (χ2v) is 6.66. The molecule has 0 saturated carbocycles. The van der Waals surface area contributed by atoms with Crippen LogP contribution in [0.25, 0.3) is 10.8 Å². The van der Waals surface area contributed by atoms with Crippen LogP contribution in [-0.4, -0.2) is 36.3 Å². The largest absolute Gasteiger partial charge is 0.325 e. The van der Waals surface area contributed by atoms with Crippen molar-refractivity contribution in [3.63, 3.8) is 0 Å². The Morgan fingerprint density at radius 2 is 1.64 bits per heavy atom. The van der Waals surface area contributed by atoms with Gasteiger partial charge in [-0.3, -0.25) is 14.5 Å². The first-order chi connectivity index (χ1) is 13.4. The molecule has 28 heavy (non-hydrogen) atoms. The standard InChI is InChI=1S/C22H22FN3O2/c1-15(22(28)24-18-12-10-17(23)11-13-18)26(2)14-21(27)25-20-9-5-7-16-6-3-4-8-19(16)20/h3-13,15H,14H2,1-2H3,(H,24,28)(H,25,27)/t15-/m1/s1. The van der Waals surface area contributed by atoms with Crippen LogP contribution in [0, 0.1) is 5.82 Å². The number of halogens is 1. The maximum absolute atomic E-state index is 13.0. The molecule has 0 unspecified atom stereocenters. The molecule has 1 atom stereocenters. The highest BCUT2D eigenvalue weighted by atomic mass is 19.1. The van der Waals surface area contributed by atoms with Gasteiger partial charge in [0.05, 0.1) is 12.6 Å². The van der Waals surface area contributed by atoms with Gasteiger partial charge in [0.1, 0.15) is 5.82 Å². The molecule has 2 N–H and O–H groups in total. The Morgan fingerprint density at radius 3 is 2.39 bits per heavy atom. The van der Waals surface area contributed by atoms with E-state index in [1.165, 1.54) is 24.3 Å². The molecule has 0 saturated heterocycles. The van der Waals surface area contributed by atoms with Crippen LogP contribution in [0.15, 0.2) is 66.7 Å². The van der Waals surface area contributed by atoms with Crippen LogP contribution in [0.2, 0.25) is 0 Å². The molecular formula is C22H22FN3O2. The molecular weight excluding hydrogens is 357 g/mol. The van der Waals surface area contributed by atoms with Crippen molar-refractivity contribution >= 4 is 34.0 Å². The van der Waals surface area contributed by atoms with E-state index in [0.29, 0.717) is 5.69 Å². The lowest BCUT2D eigenvalue weighted by molar-refractivity contribution is -0.122. The molecule has 0 aromatic heterocycles. The van der Waals surface area contributed by atoms with E-state index in [4.69, 9.17) is 0 Å². The summed E-state index contributed by atoms with van der Waals surface area (Å²) in [6.45, 7) is 1.77. The summed E-state index contributed by atoms with van der Waals surface area (Å²) in [5.41, 5.74) is 1.24. The highest BCUT2D eigenvalue weighted by Crippen LogP contribution is 2.22. The van der Waals surface area contributed by atoms with E-state index in [-0.39, 0.29) is 24.2 Å². The lowest BCUT2D eigenvalue weighted by atomic mass is 10.1. The smallest absolute Gasteiger partial charge is 0.241 e. The average Bonchev–Trinajstić information content (AvgIpc) is 2.69. The summed E-state index contributed by atoms with van der Waals surface area (Å²) in [7, 11) is 1.71. The van der Waals surface area contributed by atoms with E-state index >= 15 is 0 Å². The minimum absolute atomic E-state index is 0.0568. The maximum Gasteiger partial charge on any atom is 0.241 e. The number of carbonyl (C=O) groups is 2. The molecule has 0 aliphatic carbocycles. The topological polar surface area (TPSA) is 61.4 Å². The van der Waals surface area contributed by atoms with Gasteiger partial charge in [0.25, 0.3) is 0 Å². The highest BCUT2D eigenvalue weighted by molar-refractivity contribution is 6.03. The molecule has 0 bridgehead atoms. The minimum atomic E-state index is -0.539. The van der Waals surface area contributed by atoms with Crippen LogP contribution in [-0.2, 0) is 9.59 Å². The summed E-state index contributed by atoms with van der Waals surface area (Å²) < 4.78 is 13.0. The third-order valence-electron chi connectivity index (χ3n) is 4.61. The number of fused-ring (bicyclic) bond motifs is 1. The van der Waals surface area contributed by atoms with Gasteiger partial charge in [-0.25, -0.2) is 4.39 Å². The zero-order valence-electron chi connectivity index (χ0n) is 15.8. The zero-order chi connectivity index (χ0) is 20.1. The first-order valence-corrected chi connectivity index (χ1v) is 8.98. The zero-order valence-corrected chi connectivity index (χ0v) is 15.8. The number of rotatable bonds is 6. The number of hydrogen-bond acceptors (Lipinski definition) is 3. The van der Waals surface area contributed by atoms with Crippen molar-refractivity contribution in [2.45, 2.75) is 13.0 Å².